The highest BCUT2D eigenvalue weighted by molar-refractivity contribution is 7.89. The lowest BCUT2D eigenvalue weighted by Gasteiger charge is -2.09. The first-order chi connectivity index (χ1) is 12.4. The smallest absolute Gasteiger partial charge is 0.241 e. The van der Waals surface area contributed by atoms with Crippen LogP contribution in [0.1, 0.15) is 5.56 Å². The molecule has 2 rings (SSSR count). The Morgan fingerprint density at radius 2 is 1.46 bits per heavy atom. The van der Waals surface area contributed by atoms with Crippen molar-refractivity contribution in [3.8, 4) is 11.5 Å². The van der Waals surface area contributed by atoms with E-state index in [2.05, 4.69) is 10.0 Å². The van der Waals surface area contributed by atoms with Gasteiger partial charge < -0.3 is 14.8 Å². The van der Waals surface area contributed by atoms with Crippen molar-refractivity contribution in [2.24, 2.45) is 0 Å². The summed E-state index contributed by atoms with van der Waals surface area (Å²) in [7, 11) is -0.648. The number of carbonyl (C=O) groups excluding carboxylic acids is 1. The number of sulfonamides is 1. The molecule has 0 fully saturated rings. The number of nitrogens with one attached hydrogen (secondary N) is 2. The number of hydrogen-bond donors (Lipinski definition) is 2. The van der Waals surface area contributed by atoms with Gasteiger partial charge in [-0.05, 0) is 48.4 Å². The number of hydrogen-bond acceptors (Lipinski definition) is 5. The quantitative estimate of drug-likeness (QED) is 0.687. The normalized spacial score (nSPS) is 11.0. The number of rotatable bonds is 9. The topological polar surface area (TPSA) is 93.7 Å². The van der Waals surface area contributed by atoms with Crippen LogP contribution < -0.4 is 19.5 Å². The maximum atomic E-state index is 12.1. The Hall–Kier alpha value is -2.58. The second-order valence-corrected chi connectivity index (χ2v) is 7.22. The molecular formula is C18H22N2O5S. The molecule has 2 N–H and O–H groups in total. The van der Waals surface area contributed by atoms with Crippen LogP contribution in [-0.4, -0.2) is 41.6 Å². The fourth-order valence-corrected chi connectivity index (χ4v) is 3.18. The summed E-state index contributed by atoms with van der Waals surface area (Å²) in [5.74, 6) is 0.932. The zero-order valence-corrected chi connectivity index (χ0v) is 15.5. The van der Waals surface area contributed by atoms with Crippen LogP contribution in [0.15, 0.2) is 53.4 Å². The molecular weight excluding hydrogens is 356 g/mol. The second kappa shape index (κ2) is 9.21. The minimum absolute atomic E-state index is 0.0735. The van der Waals surface area contributed by atoms with E-state index in [1.807, 2.05) is 24.3 Å². The third-order valence-corrected chi connectivity index (χ3v) is 5.10. The average molecular weight is 378 g/mol. The van der Waals surface area contributed by atoms with Gasteiger partial charge in [0.05, 0.1) is 25.7 Å². The van der Waals surface area contributed by atoms with Crippen molar-refractivity contribution in [1.82, 2.24) is 10.0 Å². The Kier molecular flexibility index (Phi) is 6.99. The standard InChI is InChI=1S/C18H22N2O5S/c1-24-15-5-3-14(4-6-15)11-12-19-18(21)13-20-26(22,23)17-9-7-16(25-2)8-10-17/h3-10,20H,11-13H2,1-2H3,(H,19,21). The van der Waals surface area contributed by atoms with E-state index in [-0.39, 0.29) is 11.4 Å². The van der Waals surface area contributed by atoms with E-state index in [1.54, 1.807) is 19.2 Å². The predicted octanol–water partition coefficient (Wildman–Crippen LogP) is 1.34. The highest BCUT2D eigenvalue weighted by Gasteiger charge is 2.15. The maximum absolute atomic E-state index is 12.1. The molecule has 0 saturated carbocycles. The minimum Gasteiger partial charge on any atom is -0.497 e. The van der Waals surface area contributed by atoms with Crippen LogP contribution in [0.3, 0.4) is 0 Å². The first kappa shape index (κ1) is 19.7. The van der Waals surface area contributed by atoms with E-state index in [4.69, 9.17) is 9.47 Å². The van der Waals surface area contributed by atoms with Crippen molar-refractivity contribution in [1.29, 1.82) is 0 Å². The van der Waals surface area contributed by atoms with E-state index in [0.29, 0.717) is 18.7 Å². The molecule has 2 aromatic rings. The molecule has 8 heteroatoms. The van der Waals surface area contributed by atoms with Crippen molar-refractivity contribution < 1.29 is 22.7 Å². The molecule has 2 aromatic carbocycles. The van der Waals surface area contributed by atoms with Crippen LogP contribution in [0.4, 0.5) is 0 Å². The van der Waals surface area contributed by atoms with Gasteiger partial charge in [-0.2, -0.15) is 0 Å². The molecule has 0 aromatic heterocycles. The van der Waals surface area contributed by atoms with E-state index in [0.717, 1.165) is 11.3 Å². The Morgan fingerprint density at radius 3 is 2.00 bits per heavy atom. The molecule has 0 saturated heterocycles. The summed E-state index contributed by atoms with van der Waals surface area (Å²) < 4.78 is 36.6. The van der Waals surface area contributed by atoms with Gasteiger partial charge in [0, 0.05) is 6.54 Å². The Balaban J connectivity index is 1.77. The van der Waals surface area contributed by atoms with E-state index < -0.39 is 15.9 Å². The molecule has 0 spiro atoms. The average Bonchev–Trinajstić information content (AvgIpc) is 2.67. The third kappa shape index (κ3) is 5.75. The zero-order valence-electron chi connectivity index (χ0n) is 14.7. The van der Waals surface area contributed by atoms with Crippen molar-refractivity contribution in [3.05, 3.63) is 54.1 Å². The Bertz CT molecular complexity index is 818. The highest BCUT2D eigenvalue weighted by atomic mass is 32.2. The molecule has 0 bridgehead atoms. The molecule has 0 aliphatic heterocycles. The number of methoxy groups -OCH3 is 2. The summed E-state index contributed by atoms with van der Waals surface area (Å²) in [6, 6.07) is 13.5. The predicted molar refractivity (Wildman–Crippen MR) is 97.9 cm³/mol. The largest absolute Gasteiger partial charge is 0.497 e. The summed E-state index contributed by atoms with van der Waals surface area (Å²) in [5.41, 5.74) is 1.05. The SMILES string of the molecule is COc1ccc(CCNC(=O)CNS(=O)(=O)c2ccc(OC)cc2)cc1. The van der Waals surface area contributed by atoms with Crippen LogP contribution in [-0.2, 0) is 21.2 Å². The first-order valence-electron chi connectivity index (χ1n) is 7.98. The van der Waals surface area contributed by atoms with Gasteiger partial charge in [-0.1, -0.05) is 12.1 Å². The molecule has 0 heterocycles. The fourth-order valence-electron chi connectivity index (χ4n) is 2.20. The summed E-state index contributed by atoms with van der Waals surface area (Å²) in [6.07, 6.45) is 0.640. The summed E-state index contributed by atoms with van der Waals surface area (Å²) in [6.45, 7) is 0.0897. The summed E-state index contributed by atoms with van der Waals surface area (Å²) in [5, 5.41) is 2.68. The lowest BCUT2D eigenvalue weighted by molar-refractivity contribution is -0.119. The van der Waals surface area contributed by atoms with Crippen molar-refractivity contribution in [3.63, 3.8) is 0 Å². The molecule has 0 unspecified atom stereocenters. The number of carbonyl (C=O) groups is 1. The van der Waals surface area contributed by atoms with Crippen LogP contribution in [0.5, 0.6) is 11.5 Å². The van der Waals surface area contributed by atoms with E-state index in [9.17, 15) is 13.2 Å². The van der Waals surface area contributed by atoms with Gasteiger partial charge in [-0.3, -0.25) is 4.79 Å². The molecule has 140 valence electrons. The van der Waals surface area contributed by atoms with Crippen molar-refractivity contribution >= 4 is 15.9 Å². The van der Waals surface area contributed by atoms with Crippen molar-refractivity contribution in [2.45, 2.75) is 11.3 Å². The summed E-state index contributed by atoms with van der Waals surface area (Å²) >= 11 is 0. The van der Waals surface area contributed by atoms with Gasteiger partial charge in [0.2, 0.25) is 15.9 Å². The van der Waals surface area contributed by atoms with Gasteiger partial charge in [0.15, 0.2) is 0 Å². The third-order valence-electron chi connectivity index (χ3n) is 3.69. The van der Waals surface area contributed by atoms with Crippen LogP contribution in [0.2, 0.25) is 0 Å². The fraction of sp³-hybridized carbons (Fsp3) is 0.278. The molecule has 7 nitrogen and oxygen atoms in total. The lowest BCUT2D eigenvalue weighted by atomic mass is 10.1. The minimum atomic E-state index is -3.75. The Morgan fingerprint density at radius 1 is 0.923 bits per heavy atom. The Labute approximate surface area is 153 Å². The lowest BCUT2D eigenvalue weighted by Crippen LogP contribution is -2.37. The van der Waals surface area contributed by atoms with Gasteiger partial charge in [-0.15, -0.1) is 0 Å². The van der Waals surface area contributed by atoms with Gasteiger partial charge >= 0.3 is 0 Å². The van der Waals surface area contributed by atoms with E-state index >= 15 is 0 Å². The van der Waals surface area contributed by atoms with Crippen LogP contribution >= 0.6 is 0 Å². The molecule has 0 atom stereocenters. The van der Waals surface area contributed by atoms with Crippen LogP contribution in [0.25, 0.3) is 0 Å². The first-order valence-corrected chi connectivity index (χ1v) is 9.46. The molecule has 1 amide bonds. The van der Waals surface area contributed by atoms with Crippen molar-refractivity contribution in [2.75, 3.05) is 27.3 Å². The maximum Gasteiger partial charge on any atom is 0.241 e. The molecule has 0 radical (unpaired) electrons. The molecule has 26 heavy (non-hydrogen) atoms. The monoisotopic (exact) mass is 378 g/mol. The van der Waals surface area contributed by atoms with Crippen LogP contribution in [0, 0.1) is 0 Å². The summed E-state index contributed by atoms with van der Waals surface area (Å²) in [4.78, 5) is 11.9. The number of amides is 1. The van der Waals surface area contributed by atoms with E-state index in [1.165, 1.54) is 19.2 Å². The number of benzene rings is 2. The van der Waals surface area contributed by atoms with Gasteiger partial charge in [0.1, 0.15) is 11.5 Å². The molecule has 0 aliphatic carbocycles. The molecule has 0 aliphatic rings. The van der Waals surface area contributed by atoms with Gasteiger partial charge in [-0.25, -0.2) is 13.1 Å². The number of ether oxygens (including phenoxy) is 2. The van der Waals surface area contributed by atoms with Gasteiger partial charge in [0.25, 0.3) is 0 Å². The zero-order chi connectivity index (χ0) is 19.0. The second-order valence-electron chi connectivity index (χ2n) is 5.45. The highest BCUT2D eigenvalue weighted by Crippen LogP contribution is 2.15.